The van der Waals surface area contributed by atoms with Gasteiger partial charge in [0.2, 0.25) is 0 Å². The lowest BCUT2D eigenvalue weighted by atomic mass is 10.3. The fourth-order valence-electron chi connectivity index (χ4n) is 1.23. The van der Waals surface area contributed by atoms with Crippen molar-refractivity contribution >= 4 is 5.82 Å². The van der Waals surface area contributed by atoms with E-state index in [4.69, 9.17) is 0 Å². The molecule has 1 rings (SSSR count). The summed E-state index contributed by atoms with van der Waals surface area (Å²) in [6.07, 6.45) is 0. The zero-order valence-corrected chi connectivity index (χ0v) is 10.2. The summed E-state index contributed by atoms with van der Waals surface area (Å²) in [5.41, 5.74) is 1.00. The van der Waals surface area contributed by atoms with E-state index < -0.39 is 0 Å². The molecule has 0 saturated carbocycles. The van der Waals surface area contributed by atoms with Crippen LogP contribution in [0.1, 0.15) is 25.4 Å². The van der Waals surface area contributed by atoms with Crippen LogP contribution in [0.15, 0.2) is 6.07 Å². The monoisotopic (exact) mass is 208 g/mol. The van der Waals surface area contributed by atoms with Gasteiger partial charge in [-0.05, 0) is 27.8 Å². The fraction of sp³-hybridized carbons (Fsp3) is 0.636. The van der Waals surface area contributed by atoms with Crippen molar-refractivity contribution in [2.75, 3.05) is 19.4 Å². The molecule has 4 heteroatoms. The number of aromatic nitrogens is 2. The molecule has 15 heavy (non-hydrogen) atoms. The zero-order chi connectivity index (χ0) is 11.4. The van der Waals surface area contributed by atoms with E-state index in [9.17, 15) is 0 Å². The first kappa shape index (κ1) is 11.9. The largest absolute Gasteiger partial charge is 0.373 e. The molecule has 1 aromatic heterocycles. The number of rotatable bonds is 4. The molecule has 0 aliphatic heterocycles. The molecule has 1 aromatic rings. The Morgan fingerprint density at radius 1 is 1.40 bits per heavy atom. The first-order chi connectivity index (χ1) is 7.02. The average molecular weight is 208 g/mol. The highest BCUT2D eigenvalue weighted by Crippen LogP contribution is 2.07. The summed E-state index contributed by atoms with van der Waals surface area (Å²) in [4.78, 5) is 11.0. The Labute approximate surface area is 91.7 Å². The third-order valence-corrected chi connectivity index (χ3v) is 2.43. The van der Waals surface area contributed by atoms with Crippen LogP contribution in [0.5, 0.6) is 0 Å². The molecule has 84 valence electrons. The summed E-state index contributed by atoms with van der Waals surface area (Å²) in [6, 6.07) is 2.45. The van der Waals surface area contributed by atoms with Crippen LogP contribution in [-0.2, 0) is 6.54 Å². The lowest BCUT2D eigenvalue weighted by Crippen LogP contribution is -2.26. The maximum Gasteiger partial charge on any atom is 0.144 e. The molecule has 1 N–H and O–H groups in total. The number of hydrogen-bond acceptors (Lipinski definition) is 4. The number of anilines is 1. The van der Waals surface area contributed by atoms with E-state index in [1.165, 1.54) is 0 Å². The Balaban J connectivity index is 2.80. The third-order valence-electron chi connectivity index (χ3n) is 2.43. The molecule has 0 fully saturated rings. The predicted molar refractivity (Wildman–Crippen MR) is 62.9 cm³/mol. The molecular weight excluding hydrogens is 188 g/mol. The van der Waals surface area contributed by atoms with Gasteiger partial charge in [0.15, 0.2) is 0 Å². The van der Waals surface area contributed by atoms with Crippen molar-refractivity contribution in [3.8, 4) is 0 Å². The summed E-state index contributed by atoms with van der Waals surface area (Å²) in [5.74, 6) is 1.75. The quantitative estimate of drug-likeness (QED) is 0.817. The van der Waals surface area contributed by atoms with Crippen LogP contribution in [0.3, 0.4) is 0 Å². The summed E-state index contributed by atoms with van der Waals surface area (Å²) < 4.78 is 0. The van der Waals surface area contributed by atoms with Crippen molar-refractivity contribution < 1.29 is 0 Å². The molecule has 0 radical (unpaired) electrons. The van der Waals surface area contributed by atoms with E-state index in [1.807, 2.05) is 20.0 Å². The molecule has 0 aromatic carbocycles. The standard InChI is InChI=1S/C11H20N4/c1-8(2)15(5)7-11-13-9(3)6-10(12-4)14-11/h6,8H,7H2,1-5H3,(H,12,13,14). The highest BCUT2D eigenvalue weighted by atomic mass is 15.1. The van der Waals surface area contributed by atoms with E-state index in [0.29, 0.717) is 6.04 Å². The van der Waals surface area contributed by atoms with Gasteiger partial charge in [0, 0.05) is 24.8 Å². The van der Waals surface area contributed by atoms with Gasteiger partial charge in [-0.1, -0.05) is 0 Å². The number of nitrogens with zero attached hydrogens (tertiary/aromatic N) is 3. The third kappa shape index (κ3) is 3.47. The topological polar surface area (TPSA) is 41.1 Å². The van der Waals surface area contributed by atoms with Gasteiger partial charge in [-0.25, -0.2) is 9.97 Å². The van der Waals surface area contributed by atoms with E-state index >= 15 is 0 Å². The molecule has 1 heterocycles. The molecule has 0 saturated heterocycles. The lowest BCUT2D eigenvalue weighted by Gasteiger charge is -2.20. The molecule has 0 bridgehead atoms. The molecule has 0 atom stereocenters. The molecule has 0 unspecified atom stereocenters. The van der Waals surface area contributed by atoms with E-state index in [0.717, 1.165) is 23.9 Å². The lowest BCUT2D eigenvalue weighted by molar-refractivity contribution is 0.259. The smallest absolute Gasteiger partial charge is 0.144 e. The van der Waals surface area contributed by atoms with Crippen LogP contribution in [0.4, 0.5) is 5.82 Å². The van der Waals surface area contributed by atoms with Gasteiger partial charge in [0.05, 0.1) is 6.54 Å². The Bertz CT molecular complexity index is 322. The van der Waals surface area contributed by atoms with Crippen molar-refractivity contribution in [2.24, 2.45) is 0 Å². The summed E-state index contributed by atoms with van der Waals surface area (Å²) in [6.45, 7) is 7.10. The van der Waals surface area contributed by atoms with Crippen LogP contribution in [-0.4, -0.2) is 35.0 Å². The average Bonchev–Trinajstić information content (AvgIpc) is 2.16. The minimum Gasteiger partial charge on any atom is -0.373 e. The number of hydrogen-bond donors (Lipinski definition) is 1. The molecule has 0 amide bonds. The Hall–Kier alpha value is -1.16. The van der Waals surface area contributed by atoms with Crippen molar-refractivity contribution in [1.82, 2.24) is 14.9 Å². The first-order valence-corrected chi connectivity index (χ1v) is 5.25. The van der Waals surface area contributed by atoms with E-state index in [2.05, 4.69) is 41.1 Å². The van der Waals surface area contributed by atoms with Crippen LogP contribution in [0.25, 0.3) is 0 Å². The maximum absolute atomic E-state index is 4.41. The Morgan fingerprint density at radius 3 is 2.60 bits per heavy atom. The molecular formula is C11H20N4. The normalized spacial score (nSPS) is 11.1. The highest BCUT2D eigenvalue weighted by molar-refractivity contribution is 5.34. The van der Waals surface area contributed by atoms with E-state index in [-0.39, 0.29) is 0 Å². The highest BCUT2D eigenvalue weighted by Gasteiger charge is 2.07. The van der Waals surface area contributed by atoms with Crippen molar-refractivity contribution in [3.05, 3.63) is 17.6 Å². The van der Waals surface area contributed by atoms with Crippen LogP contribution < -0.4 is 5.32 Å². The van der Waals surface area contributed by atoms with Gasteiger partial charge < -0.3 is 5.32 Å². The second-order valence-corrected chi connectivity index (χ2v) is 4.07. The van der Waals surface area contributed by atoms with Gasteiger partial charge >= 0.3 is 0 Å². The minimum atomic E-state index is 0.507. The minimum absolute atomic E-state index is 0.507. The first-order valence-electron chi connectivity index (χ1n) is 5.25. The Kier molecular flexibility index (Phi) is 4.03. The number of nitrogens with one attached hydrogen (secondary N) is 1. The van der Waals surface area contributed by atoms with Crippen LogP contribution >= 0.6 is 0 Å². The van der Waals surface area contributed by atoms with Gasteiger partial charge in [0.1, 0.15) is 11.6 Å². The zero-order valence-electron chi connectivity index (χ0n) is 10.2. The Morgan fingerprint density at radius 2 is 2.07 bits per heavy atom. The summed E-state index contributed by atoms with van der Waals surface area (Å²) in [5, 5.41) is 3.04. The van der Waals surface area contributed by atoms with Crippen molar-refractivity contribution in [2.45, 2.75) is 33.4 Å². The fourth-order valence-corrected chi connectivity index (χ4v) is 1.23. The number of aryl methyl sites for hydroxylation is 1. The predicted octanol–water partition coefficient (Wildman–Crippen LogP) is 1.67. The van der Waals surface area contributed by atoms with Gasteiger partial charge in [-0.15, -0.1) is 0 Å². The summed E-state index contributed by atoms with van der Waals surface area (Å²) in [7, 11) is 3.95. The SMILES string of the molecule is CNc1cc(C)nc(CN(C)C(C)C)n1. The molecule has 0 spiro atoms. The van der Waals surface area contributed by atoms with Crippen molar-refractivity contribution in [3.63, 3.8) is 0 Å². The van der Waals surface area contributed by atoms with Gasteiger partial charge in [0.25, 0.3) is 0 Å². The second-order valence-electron chi connectivity index (χ2n) is 4.07. The summed E-state index contributed by atoms with van der Waals surface area (Å²) >= 11 is 0. The van der Waals surface area contributed by atoms with Crippen LogP contribution in [0.2, 0.25) is 0 Å². The second kappa shape index (κ2) is 5.07. The molecule has 0 aliphatic rings. The molecule has 0 aliphatic carbocycles. The maximum atomic E-state index is 4.41. The molecule has 4 nitrogen and oxygen atoms in total. The van der Waals surface area contributed by atoms with Crippen molar-refractivity contribution in [1.29, 1.82) is 0 Å². The van der Waals surface area contributed by atoms with Gasteiger partial charge in [-0.3, -0.25) is 4.90 Å². The van der Waals surface area contributed by atoms with Gasteiger partial charge in [-0.2, -0.15) is 0 Å². The van der Waals surface area contributed by atoms with Crippen LogP contribution in [0, 0.1) is 6.92 Å². The van der Waals surface area contributed by atoms with E-state index in [1.54, 1.807) is 0 Å².